The molecular formula is C13H17N3O3. The van der Waals surface area contributed by atoms with Gasteiger partial charge in [-0.15, -0.1) is 0 Å². The molecule has 2 N–H and O–H groups in total. The molecule has 0 bridgehead atoms. The van der Waals surface area contributed by atoms with Gasteiger partial charge in [0.25, 0.3) is 5.91 Å². The third-order valence-electron chi connectivity index (χ3n) is 2.78. The summed E-state index contributed by atoms with van der Waals surface area (Å²) in [5, 5.41) is 5.77. The van der Waals surface area contributed by atoms with Gasteiger partial charge in [-0.3, -0.25) is 9.79 Å². The zero-order chi connectivity index (χ0) is 13.8. The van der Waals surface area contributed by atoms with E-state index in [0.29, 0.717) is 29.6 Å². The normalized spacial score (nSPS) is 17.4. The number of carbonyl (C=O) groups is 1. The molecule has 6 nitrogen and oxygen atoms in total. The standard InChI is InChI=1S/C13H17N3O3/c1-8-7-14-12(15-8)13(17)16-10-5-4-9(18-2)6-11(10)19-3/h4-6,8H,7H2,1-3H3,(H,14,15)(H,16,17). The maximum Gasteiger partial charge on any atom is 0.290 e. The van der Waals surface area contributed by atoms with Crippen LogP contribution in [0, 0.1) is 0 Å². The molecule has 1 aliphatic heterocycles. The largest absolute Gasteiger partial charge is 0.497 e. The van der Waals surface area contributed by atoms with Crippen LogP contribution in [0.4, 0.5) is 5.69 Å². The van der Waals surface area contributed by atoms with Gasteiger partial charge in [0.1, 0.15) is 11.5 Å². The van der Waals surface area contributed by atoms with E-state index in [4.69, 9.17) is 9.47 Å². The van der Waals surface area contributed by atoms with E-state index in [-0.39, 0.29) is 11.9 Å². The molecule has 0 radical (unpaired) electrons. The third kappa shape index (κ3) is 2.96. The highest BCUT2D eigenvalue weighted by molar-refractivity contribution is 6.42. The third-order valence-corrected chi connectivity index (χ3v) is 2.78. The molecule has 6 heteroatoms. The van der Waals surface area contributed by atoms with Crippen molar-refractivity contribution in [3.8, 4) is 11.5 Å². The van der Waals surface area contributed by atoms with Crippen LogP contribution in [-0.4, -0.2) is 38.5 Å². The van der Waals surface area contributed by atoms with E-state index in [2.05, 4.69) is 15.6 Å². The van der Waals surface area contributed by atoms with Gasteiger partial charge in [-0.2, -0.15) is 0 Å². The highest BCUT2D eigenvalue weighted by Gasteiger charge is 2.20. The number of rotatable bonds is 4. The molecule has 102 valence electrons. The van der Waals surface area contributed by atoms with E-state index in [1.807, 2.05) is 6.92 Å². The first-order chi connectivity index (χ1) is 9.13. The van der Waals surface area contributed by atoms with Gasteiger partial charge in [-0.1, -0.05) is 0 Å². The first kappa shape index (κ1) is 13.2. The zero-order valence-corrected chi connectivity index (χ0v) is 11.2. The van der Waals surface area contributed by atoms with Gasteiger partial charge in [0, 0.05) is 12.1 Å². The molecule has 0 saturated carbocycles. The minimum atomic E-state index is -0.271. The second-order valence-corrected chi connectivity index (χ2v) is 4.26. The van der Waals surface area contributed by atoms with E-state index < -0.39 is 0 Å². The Morgan fingerprint density at radius 3 is 2.79 bits per heavy atom. The van der Waals surface area contributed by atoms with Crippen molar-refractivity contribution in [2.45, 2.75) is 13.0 Å². The number of hydrogen-bond acceptors (Lipinski definition) is 5. The van der Waals surface area contributed by atoms with Crippen molar-refractivity contribution in [2.75, 3.05) is 26.1 Å². The van der Waals surface area contributed by atoms with Gasteiger partial charge in [0.05, 0.1) is 26.5 Å². The number of amidine groups is 1. The second-order valence-electron chi connectivity index (χ2n) is 4.26. The summed E-state index contributed by atoms with van der Waals surface area (Å²) in [4.78, 5) is 16.1. The second kappa shape index (κ2) is 5.60. The van der Waals surface area contributed by atoms with Crippen molar-refractivity contribution >= 4 is 17.4 Å². The molecule has 0 saturated heterocycles. The fourth-order valence-electron chi connectivity index (χ4n) is 1.77. The summed E-state index contributed by atoms with van der Waals surface area (Å²) in [6.45, 7) is 2.58. The summed E-state index contributed by atoms with van der Waals surface area (Å²) in [5.74, 6) is 1.29. The summed E-state index contributed by atoms with van der Waals surface area (Å²) in [6.07, 6.45) is 0. The zero-order valence-electron chi connectivity index (χ0n) is 11.2. The van der Waals surface area contributed by atoms with E-state index >= 15 is 0 Å². The molecule has 1 amide bonds. The van der Waals surface area contributed by atoms with E-state index in [1.165, 1.54) is 7.11 Å². The van der Waals surface area contributed by atoms with Crippen molar-refractivity contribution in [3.05, 3.63) is 18.2 Å². The SMILES string of the molecule is COc1ccc(NC(=O)C2=NCC(C)N2)c(OC)c1. The fraction of sp³-hybridized carbons (Fsp3) is 0.385. The smallest absolute Gasteiger partial charge is 0.290 e. The molecule has 0 fully saturated rings. The first-order valence-electron chi connectivity index (χ1n) is 5.98. The molecule has 2 rings (SSSR count). The average Bonchev–Trinajstić information content (AvgIpc) is 2.86. The predicted octanol–water partition coefficient (Wildman–Crippen LogP) is 1.03. The van der Waals surface area contributed by atoms with Crippen molar-refractivity contribution < 1.29 is 14.3 Å². The van der Waals surface area contributed by atoms with Gasteiger partial charge >= 0.3 is 0 Å². The Morgan fingerprint density at radius 2 is 2.21 bits per heavy atom. The van der Waals surface area contributed by atoms with Crippen molar-refractivity contribution in [3.63, 3.8) is 0 Å². The summed E-state index contributed by atoms with van der Waals surface area (Å²) < 4.78 is 10.3. The summed E-state index contributed by atoms with van der Waals surface area (Å²) in [7, 11) is 3.11. The Hall–Kier alpha value is -2.24. The van der Waals surface area contributed by atoms with Gasteiger partial charge in [-0.05, 0) is 19.1 Å². The summed E-state index contributed by atoms with van der Waals surface area (Å²) in [6, 6.07) is 5.39. The number of benzene rings is 1. The maximum absolute atomic E-state index is 12.0. The minimum Gasteiger partial charge on any atom is -0.497 e. The molecule has 1 heterocycles. The lowest BCUT2D eigenvalue weighted by Crippen LogP contribution is -2.36. The van der Waals surface area contributed by atoms with Crippen LogP contribution in [0.25, 0.3) is 0 Å². The Balaban J connectivity index is 2.12. The number of hydrogen-bond donors (Lipinski definition) is 2. The van der Waals surface area contributed by atoms with Crippen LogP contribution in [0.3, 0.4) is 0 Å². The molecule has 1 unspecified atom stereocenters. The molecule has 1 aliphatic rings. The highest BCUT2D eigenvalue weighted by Crippen LogP contribution is 2.28. The molecule has 0 aliphatic carbocycles. The van der Waals surface area contributed by atoms with E-state index in [1.54, 1.807) is 25.3 Å². The molecule has 0 spiro atoms. The van der Waals surface area contributed by atoms with E-state index in [9.17, 15) is 4.79 Å². The number of nitrogens with zero attached hydrogens (tertiary/aromatic N) is 1. The number of carbonyl (C=O) groups excluding carboxylic acids is 1. The average molecular weight is 263 g/mol. The van der Waals surface area contributed by atoms with E-state index in [0.717, 1.165) is 0 Å². The number of amides is 1. The number of methoxy groups -OCH3 is 2. The number of anilines is 1. The quantitative estimate of drug-likeness (QED) is 0.851. The Labute approximate surface area is 111 Å². The van der Waals surface area contributed by atoms with Crippen LogP contribution in [0.1, 0.15) is 6.92 Å². The van der Waals surface area contributed by atoms with Crippen molar-refractivity contribution in [1.29, 1.82) is 0 Å². The molecule has 1 atom stereocenters. The first-order valence-corrected chi connectivity index (χ1v) is 5.98. The molecule has 1 aromatic rings. The van der Waals surface area contributed by atoms with Gasteiger partial charge in [0.2, 0.25) is 0 Å². The fourth-order valence-corrected chi connectivity index (χ4v) is 1.77. The lowest BCUT2D eigenvalue weighted by atomic mass is 10.2. The summed E-state index contributed by atoms with van der Waals surface area (Å²) in [5.41, 5.74) is 0.581. The van der Waals surface area contributed by atoms with Crippen molar-refractivity contribution in [1.82, 2.24) is 5.32 Å². The topological polar surface area (TPSA) is 72.0 Å². The van der Waals surface area contributed by atoms with Crippen LogP contribution >= 0.6 is 0 Å². The lowest BCUT2D eigenvalue weighted by Gasteiger charge is -2.12. The Morgan fingerprint density at radius 1 is 1.42 bits per heavy atom. The lowest BCUT2D eigenvalue weighted by molar-refractivity contribution is -0.110. The van der Waals surface area contributed by atoms with Gasteiger partial charge < -0.3 is 20.1 Å². The number of ether oxygens (including phenoxy) is 2. The van der Waals surface area contributed by atoms with Crippen LogP contribution < -0.4 is 20.1 Å². The predicted molar refractivity (Wildman–Crippen MR) is 73.1 cm³/mol. The Kier molecular flexibility index (Phi) is 3.89. The molecule has 0 aromatic heterocycles. The van der Waals surface area contributed by atoms with Crippen molar-refractivity contribution in [2.24, 2.45) is 4.99 Å². The highest BCUT2D eigenvalue weighted by atomic mass is 16.5. The Bertz CT molecular complexity index is 514. The van der Waals surface area contributed by atoms with Crippen LogP contribution in [0.5, 0.6) is 11.5 Å². The monoisotopic (exact) mass is 263 g/mol. The van der Waals surface area contributed by atoms with Gasteiger partial charge in [-0.25, -0.2) is 0 Å². The molecule has 19 heavy (non-hydrogen) atoms. The maximum atomic E-state index is 12.0. The van der Waals surface area contributed by atoms with Crippen LogP contribution in [-0.2, 0) is 4.79 Å². The molecule has 1 aromatic carbocycles. The number of aliphatic imine (C=N–C) groups is 1. The minimum absolute atomic E-state index is 0.193. The van der Waals surface area contributed by atoms with Crippen LogP contribution in [0.15, 0.2) is 23.2 Å². The van der Waals surface area contributed by atoms with Crippen LogP contribution in [0.2, 0.25) is 0 Å². The van der Waals surface area contributed by atoms with Gasteiger partial charge in [0.15, 0.2) is 5.84 Å². The molecular weight excluding hydrogens is 246 g/mol. The summed E-state index contributed by atoms with van der Waals surface area (Å²) >= 11 is 0. The number of nitrogens with one attached hydrogen (secondary N) is 2.